The van der Waals surface area contributed by atoms with Crippen LogP contribution in [0.15, 0.2) is 54.9 Å². The molecule has 1 aliphatic heterocycles. The monoisotopic (exact) mass is 375 g/mol. The number of benzene rings is 1. The third-order valence-corrected chi connectivity index (χ3v) is 5.05. The van der Waals surface area contributed by atoms with Gasteiger partial charge in [-0.15, -0.1) is 0 Å². The highest BCUT2D eigenvalue weighted by molar-refractivity contribution is 6.06. The lowest BCUT2D eigenvalue weighted by Gasteiger charge is -2.23. The zero-order valence-corrected chi connectivity index (χ0v) is 15.6. The highest BCUT2D eigenvalue weighted by Crippen LogP contribution is 2.26. The lowest BCUT2D eigenvalue weighted by molar-refractivity contribution is 0.0667. The van der Waals surface area contributed by atoms with Crippen LogP contribution >= 0.6 is 0 Å². The molecule has 142 valence electrons. The summed E-state index contributed by atoms with van der Waals surface area (Å²) >= 11 is 0. The molecule has 3 aromatic rings. The minimum Gasteiger partial charge on any atom is -0.383 e. The zero-order valence-electron chi connectivity index (χ0n) is 15.6. The van der Waals surface area contributed by atoms with Crippen molar-refractivity contribution in [2.75, 3.05) is 12.3 Å². The smallest absolute Gasteiger partial charge is 0.273 e. The number of ketones is 1. The van der Waals surface area contributed by atoms with Gasteiger partial charge in [0.25, 0.3) is 5.91 Å². The largest absolute Gasteiger partial charge is 0.383 e. The number of carbonyl (C=O) groups excluding carboxylic acids is 2. The Balaban J connectivity index is 1.60. The number of hydrogen-bond acceptors (Lipinski definition) is 5. The molecule has 2 N–H and O–H groups in total. The number of carbonyl (C=O) groups is 2. The van der Waals surface area contributed by atoms with E-state index in [2.05, 4.69) is 10.1 Å². The first kappa shape index (κ1) is 17.9. The summed E-state index contributed by atoms with van der Waals surface area (Å²) in [4.78, 5) is 31.7. The van der Waals surface area contributed by atoms with Gasteiger partial charge in [0.2, 0.25) is 0 Å². The summed E-state index contributed by atoms with van der Waals surface area (Å²) in [6.07, 6.45) is 4.43. The Hall–Kier alpha value is -3.48. The first-order valence-corrected chi connectivity index (χ1v) is 9.23. The maximum absolute atomic E-state index is 13.2. The van der Waals surface area contributed by atoms with Gasteiger partial charge < -0.3 is 10.6 Å². The van der Waals surface area contributed by atoms with Crippen LogP contribution in [0.3, 0.4) is 0 Å². The SMILES string of the molecule is Cc1ccc(-n2ncc(C(=O)C3CCCN3C(=O)c3ccccn3)c2N)cc1. The van der Waals surface area contributed by atoms with E-state index >= 15 is 0 Å². The lowest BCUT2D eigenvalue weighted by Crippen LogP contribution is -2.41. The number of pyridine rings is 1. The highest BCUT2D eigenvalue weighted by Gasteiger charge is 2.36. The van der Waals surface area contributed by atoms with E-state index in [0.717, 1.165) is 17.7 Å². The van der Waals surface area contributed by atoms with E-state index < -0.39 is 6.04 Å². The Kier molecular flexibility index (Phi) is 4.65. The van der Waals surface area contributed by atoms with E-state index in [-0.39, 0.29) is 17.5 Å². The van der Waals surface area contributed by atoms with Gasteiger partial charge >= 0.3 is 0 Å². The van der Waals surface area contributed by atoms with E-state index in [1.54, 1.807) is 34.0 Å². The predicted molar refractivity (Wildman–Crippen MR) is 105 cm³/mol. The van der Waals surface area contributed by atoms with Crippen LogP contribution in [-0.2, 0) is 0 Å². The number of Topliss-reactive ketones (excluding diaryl/α,β-unsaturated/α-hetero) is 1. The Labute approximate surface area is 162 Å². The number of aryl methyl sites for hydroxylation is 1. The van der Waals surface area contributed by atoms with E-state index in [1.165, 1.54) is 6.20 Å². The molecule has 7 nitrogen and oxygen atoms in total. The second-order valence-corrected chi connectivity index (χ2v) is 6.93. The Morgan fingerprint density at radius 1 is 1.14 bits per heavy atom. The highest BCUT2D eigenvalue weighted by atomic mass is 16.2. The second-order valence-electron chi connectivity index (χ2n) is 6.93. The van der Waals surface area contributed by atoms with E-state index in [1.807, 2.05) is 31.2 Å². The van der Waals surface area contributed by atoms with Gasteiger partial charge in [-0.05, 0) is 44.0 Å². The molecule has 28 heavy (non-hydrogen) atoms. The third kappa shape index (κ3) is 3.15. The summed E-state index contributed by atoms with van der Waals surface area (Å²) in [5.74, 6) is -0.135. The van der Waals surface area contributed by atoms with Gasteiger partial charge in [0, 0.05) is 12.7 Å². The summed E-state index contributed by atoms with van der Waals surface area (Å²) in [6.45, 7) is 2.52. The zero-order chi connectivity index (χ0) is 19.7. The molecule has 1 aromatic carbocycles. The number of likely N-dealkylation sites (tertiary alicyclic amines) is 1. The molecule has 1 unspecified atom stereocenters. The number of nitrogens with zero attached hydrogens (tertiary/aromatic N) is 4. The molecule has 0 radical (unpaired) electrons. The van der Waals surface area contributed by atoms with E-state index in [9.17, 15) is 9.59 Å². The quantitative estimate of drug-likeness (QED) is 0.708. The fourth-order valence-electron chi connectivity index (χ4n) is 3.54. The fourth-order valence-corrected chi connectivity index (χ4v) is 3.54. The molecule has 3 heterocycles. The number of hydrogen-bond donors (Lipinski definition) is 1. The Morgan fingerprint density at radius 2 is 1.93 bits per heavy atom. The summed E-state index contributed by atoms with van der Waals surface area (Å²) in [5.41, 5.74) is 8.83. The molecule has 2 aromatic heterocycles. The summed E-state index contributed by atoms with van der Waals surface area (Å²) in [6, 6.07) is 12.3. The second kappa shape index (κ2) is 7.26. The van der Waals surface area contributed by atoms with Crippen molar-refractivity contribution in [3.8, 4) is 5.69 Å². The molecule has 0 bridgehead atoms. The number of anilines is 1. The maximum Gasteiger partial charge on any atom is 0.273 e. The standard InChI is InChI=1S/C21H21N5O2/c1-14-7-9-15(10-8-14)26-20(22)16(13-24-26)19(27)18-6-4-12-25(18)21(28)17-5-2-3-11-23-17/h2-3,5,7-11,13,18H,4,6,12,22H2,1H3. The van der Waals surface area contributed by atoms with E-state index in [4.69, 9.17) is 5.73 Å². The summed E-state index contributed by atoms with van der Waals surface area (Å²) < 4.78 is 1.55. The molecule has 1 atom stereocenters. The summed E-state index contributed by atoms with van der Waals surface area (Å²) in [5, 5.41) is 4.29. The minimum atomic E-state index is -0.549. The summed E-state index contributed by atoms with van der Waals surface area (Å²) in [7, 11) is 0. The van der Waals surface area contributed by atoms with Crippen molar-refractivity contribution in [2.45, 2.75) is 25.8 Å². The molecule has 1 aliphatic rings. The van der Waals surface area contributed by atoms with Crippen molar-refractivity contribution in [3.63, 3.8) is 0 Å². The van der Waals surface area contributed by atoms with Crippen LogP contribution in [-0.4, -0.2) is 43.9 Å². The van der Waals surface area contributed by atoms with Gasteiger partial charge in [0.1, 0.15) is 11.5 Å². The maximum atomic E-state index is 13.2. The number of nitrogens with two attached hydrogens (primary N) is 1. The first-order chi connectivity index (χ1) is 13.6. The molecule has 1 saturated heterocycles. The molecule has 0 spiro atoms. The third-order valence-electron chi connectivity index (χ3n) is 5.05. The number of aromatic nitrogens is 3. The van der Waals surface area contributed by atoms with Gasteiger partial charge in [-0.25, -0.2) is 4.68 Å². The number of amides is 1. The van der Waals surface area contributed by atoms with E-state index in [0.29, 0.717) is 24.2 Å². The van der Waals surface area contributed by atoms with Crippen LogP contribution in [0.2, 0.25) is 0 Å². The molecule has 1 fully saturated rings. The Morgan fingerprint density at radius 3 is 2.64 bits per heavy atom. The van der Waals surface area contributed by atoms with Crippen LogP contribution in [0.25, 0.3) is 5.69 Å². The van der Waals surface area contributed by atoms with Crippen molar-refractivity contribution in [1.29, 1.82) is 0 Å². The number of rotatable bonds is 4. The first-order valence-electron chi connectivity index (χ1n) is 9.23. The predicted octanol–water partition coefficient (Wildman–Crippen LogP) is 2.65. The molecule has 1 amide bonds. The van der Waals surface area contributed by atoms with Crippen LogP contribution in [0.1, 0.15) is 39.3 Å². The Bertz CT molecular complexity index is 1010. The van der Waals surface area contributed by atoms with Gasteiger partial charge in [-0.1, -0.05) is 23.8 Å². The van der Waals surface area contributed by atoms with Crippen LogP contribution in [0.4, 0.5) is 5.82 Å². The molecular weight excluding hydrogens is 354 g/mol. The molecular formula is C21H21N5O2. The average Bonchev–Trinajstić information content (AvgIpc) is 3.35. The van der Waals surface area contributed by atoms with Crippen molar-refractivity contribution in [2.24, 2.45) is 0 Å². The van der Waals surface area contributed by atoms with Gasteiger partial charge in [-0.3, -0.25) is 14.6 Å². The van der Waals surface area contributed by atoms with Crippen LogP contribution < -0.4 is 5.73 Å². The fraction of sp³-hybridized carbons (Fsp3) is 0.238. The van der Waals surface area contributed by atoms with Gasteiger partial charge in [0.15, 0.2) is 5.78 Å². The van der Waals surface area contributed by atoms with Crippen LogP contribution in [0, 0.1) is 6.92 Å². The minimum absolute atomic E-state index is 0.183. The topological polar surface area (TPSA) is 94.1 Å². The average molecular weight is 375 g/mol. The van der Waals surface area contributed by atoms with Crippen LogP contribution in [0.5, 0.6) is 0 Å². The lowest BCUT2D eigenvalue weighted by atomic mass is 10.0. The van der Waals surface area contributed by atoms with Crippen molar-refractivity contribution < 1.29 is 9.59 Å². The van der Waals surface area contributed by atoms with Crippen molar-refractivity contribution in [1.82, 2.24) is 19.7 Å². The molecule has 4 rings (SSSR count). The van der Waals surface area contributed by atoms with Crippen molar-refractivity contribution in [3.05, 3.63) is 71.7 Å². The number of nitrogen functional groups attached to an aromatic ring is 1. The molecule has 0 saturated carbocycles. The van der Waals surface area contributed by atoms with Gasteiger partial charge in [-0.2, -0.15) is 5.10 Å². The van der Waals surface area contributed by atoms with Crippen molar-refractivity contribution >= 4 is 17.5 Å². The normalized spacial score (nSPS) is 16.3. The molecule has 7 heteroatoms. The molecule has 0 aliphatic carbocycles. The van der Waals surface area contributed by atoms with Gasteiger partial charge in [0.05, 0.1) is 23.5 Å².